The van der Waals surface area contributed by atoms with Gasteiger partial charge in [-0.3, -0.25) is 18.7 Å². The first-order chi connectivity index (χ1) is 9.99. The minimum atomic E-state index is -0.425. The molecule has 1 saturated carbocycles. The molecule has 2 aromatic rings. The van der Waals surface area contributed by atoms with Crippen molar-refractivity contribution in [2.24, 2.45) is 20.0 Å². The average molecular weight is 288 g/mol. The van der Waals surface area contributed by atoms with Crippen molar-refractivity contribution in [1.82, 2.24) is 14.1 Å². The number of aryl methyl sites for hydroxylation is 1. The molecular weight excluding hydrogens is 272 g/mol. The molecule has 2 aromatic heterocycles. The molecule has 0 aromatic carbocycles. The van der Waals surface area contributed by atoms with E-state index in [9.17, 15) is 14.4 Å². The summed E-state index contributed by atoms with van der Waals surface area (Å²) in [5.74, 6) is 0.0210. The fourth-order valence-electron chi connectivity index (χ4n) is 2.45. The Morgan fingerprint density at radius 1 is 1.29 bits per heavy atom. The number of nitrogens with one attached hydrogen (secondary N) is 1. The van der Waals surface area contributed by atoms with E-state index in [1.54, 1.807) is 13.1 Å². The minimum absolute atomic E-state index is 0.0379. The molecule has 2 heterocycles. The Morgan fingerprint density at radius 3 is 2.62 bits per heavy atom. The van der Waals surface area contributed by atoms with Gasteiger partial charge in [0.2, 0.25) is 5.91 Å². The number of carbonyl (C=O) groups is 1. The van der Waals surface area contributed by atoms with Gasteiger partial charge in [-0.2, -0.15) is 0 Å². The number of aromatic nitrogens is 3. The van der Waals surface area contributed by atoms with Crippen LogP contribution in [-0.2, 0) is 18.9 Å². The zero-order valence-electron chi connectivity index (χ0n) is 11.9. The van der Waals surface area contributed by atoms with Crippen molar-refractivity contribution in [2.45, 2.75) is 19.3 Å². The molecule has 0 spiro atoms. The summed E-state index contributed by atoms with van der Waals surface area (Å²) < 4.78 is 2.34. The molecule has 0 radical (unpaired) electrons. The van der Waals surface area contributed by atoms with Crippen LogP contribution in [0.3, 0.4) is 0 Å². The maximum absolute atomic E-state index is 12.1. The molecule has 21 heavy (non-hydrogen) atoms. The van der Waals surface area contributed by atoms with Gasteiger partial charge >= 0.3 is 5.69 Å². The van der Waals surface area contributed by atoms with E-state index in [0.717, 1.165) is 23.8 Å². The number of anilines is 1. The van der Waals surface area contributed by atoms with Crippen molar-refractivity contribution < 1.29 is 4.79 Å². The van der Waals surface area contributed by atoms with E-state index in [0.29, 0.717) is 16.7 Å². The van der Waals surface area contributed by atoms with Crippen LogP contribution >= 0.6 is 0 Å². The Hall–Kier alpha value is -2.44. The van der Waals surface area contributed by atoms with Crippen LogP contribution in [0, 0.1) is 5.92 Å². The van der Waals surface area contributed by atoms with E-state index in [2.05, 4.69) is 10.3 Å². The first-order valence-corrected chi connectivity index (χ1v) is 6.85. The molecule has 1 fully saturated rings. The van der Waals surface area contributed by atoms with Gasteiger partial charge in [0, 0.05) is 20.0 Å². The standard InChI is InChI=1S/C14H16N4O3/c1-17-11-10(13(20)18(2)14(17)21)6-9(7-15-11)16-12(19)8-4-3-5-8/h6-8H,3-5H2,1-2H3,(H,16,19). The number of rotatable bonds is 2. The van der Waals surface area contributed by atoms with Crippen LogP contribution in [0.5, 0.6) is 0 Å². The number of hydrogen-bond donors (Lipinski definition) is 1. The summed E-state index contributed by atoms with van der Waals surface area (Å²) in [5.41, 5.74) is -0.0495. The van der Waals surface area contributed by atoms with Crippen LogP contribution in [0.2, 0.25) is 0 Å². The summed E-state index contributed by atoms with van der Waals surface area (Å²) in [4.78, 5) is 40.0. The first kappa shape index (κ1) is 13.5. The van der Waals surface area contributed by atoms with Gasteiger partial charge in [0.1, 0.15) is 5.65 Å². The van der Waals surface area contributed by atoms with Gasteiger partial charge in [-0.1, -0.05) is 6.42 Å². The van der Waals surface area contributed by atoms with E-state index in [4.69, 9.17) is 0 Å². The lowest BCUT2D eigenvalue weighted by atomic mass is 9.85. The number of hydrogen-bond acceptors (Lipinski definition) is 4. The smallest absolute Gasteiger partial charge is 0.324 e. The quantitative estimate of drug-likeness (QED) is 0.865. The molecular formula is C14H16N4O3. The monoisotopic (exact) mass is 288 g/mol. The van der Waals surface area contributed by atoms with Gasteiger partial charge in [0.05, 0.1) is 17.3 Å². The topological polar surface area (TPSA) is 86.0 Å². The highest BCUT2D eigenvalue weighted by molar-refractivity contribution is 5.94. The molecule has 1 N–H and O–H groups in total. The maximum Gasteiger partial charge on any atom is 0.332 e. The highest BCUT2D eigenvalue weighted by atomic mass is 16.2. The molecule has 7 heteroatoms. The minimum Gasteiger partial charge on any atom is -0.324 e. The first-order valence-electron chi connectivity index (χ1n) is 6.85. The van der Waals surface area contributed by atoms with Crippen molar-refractivity contribution in [3.63, 3.8) is 0 Å². The number of pyridine rings is 1. The largest absolute Gasteiger partial charge is 0.332 e. The van der Waals surface area contributed by atoms with Crippen molar-refractivity contribution in [1.29, 1.82) is 0 Å². The molecule has 7 nitrogen and oxygen atoms in total. The zero-order valence-corrected chi connectivity index (χ0v) is 11.9. The Labute approximate surface area is 120 Å². The summed E-state index contributed by atoms with van der Waals surface area (Å²) in [7, 11) is 2.98. The summed E-state index contributed by atoms with van der Waals surface area (Å²) in [6.45, 7) is 0. The lowest BCUT2D eigenvalue weighted by Gasteiger charge is -2.24. The lowest BCUT2D eigenvalue weighted by molar-refractivity contribution is -0.122. The third-order valence-electron chi connectivity index (χ3n) is 4.04. The average Bonchev–Trinajstić information content (AvgIpc) is 2.40. The summed E-state index contributed by atoms with van der Waals surface area (Å²) in [5, 5.41) is 3.09. The molecule has 0 saturated heterocycles. The Balaban J connectivity index is 2.05. The van der Waals surface area contributed by atoms with E-state index >= 15 is 0 Å². The molecule has 1 aliphatic rings. The van der Waals surface area contributed by atoms with Crippen LogP contribution in [0.1, 0.15) is 19.3 Å². The second-order valence-electron chi connectivity index (χ2n) is 5.42. The van der Waals surface area contributed by atoms with Crippen LogP contribution < -0.4 is 16.6 Å². The van der Waals surface area contributed by atoms with E-state index in [1.165, 1.54) is 17.8 Å². The van der Waals surface area contributed by atoms with Gasteiger partial charge in [-0.25, -0.2) is 9.78 Å². The molecule has 0 aliphatic heterocycles. The Morgan fingerprint density at radius 2 is 2.00 bits per heavy atom. The van der Waals surface area contributed by atoms with Crippen LogP contribution in [0.15, 0.2) is 21.9 Å². The van der Waals surface area contributed by atoms with E-state index < -0.39 is 11.2 Å². The van der Waals surface area contributed by atoms with Crippen molar-refractivity contribution in [3.05, 3.63) is 33.1 Å². The van der Waals surface area contributed by atoms with Crippen LogP contribution in [-0.4, -0.2) is 20.0 Å². The summed E-state index contributed by atoms with van der Waals surface area (Å²) >= 11 is 0. The number of nitrogens with zero attached hydrogens (tertiary/aromatic N) is 3. The zero-order chi connectivity index (χ0) is 15.1. The highest BCUT2D eigenvalue weighted by Crippen LogP contribution is 2.27. The second-order valence-corrected chi connectivity index (χ2v) is 5.42. The number of amides is 1. The second kappa shape index (κ2) is 4.83. The van der Waals surface area contributed by atoms with Crippen LogP contribution in [0.4, 0.5) is 5.69 Å². The molecule has 110 valence electrons. The van der Waals surface area contributed by atoms with E-state index in [-0.39, 0.29) is 11.8 Å². The molecule has 1 amide bonds. The lowest BCUT2D eigenvalue weighted by Crippen LogP contribution is -2.37. The Kier molecular flexibility index (Phi) is 3.12. The fraction of sp³-hybridized carbons (Fsp3) is 0.429. The maximum atomic E-state index is 12.1. The van der Waals surface area contributed by atoms with Crippen molar-refractivity contribution in [3.8, 4) is 0 Å². The van der Waals surface area contributed by atoms with Gasteiger partial charge in [0.25, 0.3) is 5.56 Å². The molecule has 0 unspecified atom stereocenters. The van der Waals surface area contributed by atoms with E-state index in [1.807, 2.05) is 0 Å². The van der Waals surface area contributed by atoms with Gasteiger partial charge in [-0.05, 0) is 18.9 Å². The third-order valence-corrected chi connectivity index (χ3v) is 4.04. The molecule has 3 rings (SSSR count). The van der Waals surface area contributed by atoms with Gasteiger partial charge in [-0.15, -0.1) is 0 Å². The predicted octanol–water partition coefficient (Wildman–Crippen LogP) is 0.371. The van der Waals surface area contributed by atoms with Crippen molar-refractivity contribution >= 4 is 22.6 Å². The Bertz CT molecular complexity index is 846. The SMILES string of the molecule is Cn1c(=O)c2cc(NC(=O)C3CCC3)cnc2n(C)c1=O. The van der Waals surface area contributed by atoms with Crippen LogP contribution in [0.25, 0.3) is 11.0 Å². The molecule has 0 bridgehead atoms. The van der Waals surface area contributed by atoms with Gasteiger partial charge < -0.3 is 5.32 Å². The molecule has 0 atom stereocenters. The predicted molar refractivity (Wildman–Crippen MR) is 78.2 cm³/mol. The highest BCUT2D eigenvalue weighted by Gasteiger charge is 2.25. The normalized spacial score (nSPS) is 15.0. The molecule has 1 aliphatic carbocycles. The fourth-order valence-corrected chi connectivity index (χ4v) is 2.45. The summed E-state index contributed by atoms with van der Waals surface area (Å²) in [6, 6.07) is 1.57. The van der Waals surface area contributed by atoms with Gasteiger partial charge in [0.15, 0.2) is 0 Å². The number of fused-ring (bicyclic) bond motifs is 1. The number of carbonyl (C=O) groups excluding carboxylic acids is 1. The summed E-state index contributed by atoms with van der Waals surface area (Å²) in [6.07, 6.45) is 4.36. The van der Waals surface area contributed by atoms with Crippen molar-refractivity contribution in [2.75, 3.05) is 5.32 Å². The third kappa shape index (κ3) is 2.14.